The van der Waals surface area contributed by atoms with E-state index in [1.165, 1.54) is 22.5 Å². The summed E-state index contributed by atoms with van der Waals surface area (Å²) in [4.78, 5) is 4.61. The van der Waals surface area contributed by atoms with Crippen molar-refractivity contribution in [2.24, 2.45) is 5.73 Å². The Kier molecular flexibility index (Phi) is 2.04. The van der Waals surface area contributed by atoms with E-state index in [-0.39, 0.29) is 5.54 Å². The van der Waals surface area contributed by atoms with Crippen molar-refractivity contribution in [3.05, 3.63) is 29.3 Å². The molecule has 1 aromatic carbocycles. The van der Waals surface area contributed by atoms with Crippen molar-refractivity contribution in [2.75, 3.05) is 0 Å². The van der Waals surface area contributed by atoms with Gasteiger partial charge in [-0.3, -0.25) is 0 Å². The highest BCUT2D eigenvalue weighted by atomic mass is 32.1. The lowest BCUT2D eigenvalue weighted by molar-refractivity contribution is 0.608. The predicted octanol–water partition coefficient (Wildman–Crippen LogP) is 2.72. The fourth-order valence-corrected chi connectivity index (χ4v) is 2.76. The number of aromatic nitrogens is 1. The van der Waals surface area contributed by atoms with Gasteiger partial charge in [0.15, 0.2) is 0 Å². The summed E-state index contributed by atoms with van der Waals surface area (Å²) in [7, 11) is 0. The van der Waals surface area contributed by atoms with Crippen molar-refractivity contribution in [3.8, 4) is 0 Å². The van der Waals surface area contributed by atoms with Crippen LogP contribution in [-0.2, 0) is 6.42 Å². The number of thiazole rings is 1. The summed E-state index contributed by atoms with van der Waals surface area (Å²) < 4.78 is 1.29. The second-order valence-corrected chi connectivity index (χ2v) is 5.55. The predicted molar refractivity (Wildman–Crippen MR) is 64.1 cm³/mol. The zero-order chi connectivity index (χ0) is 10.3. The molecule has 1 aromatic heterocycles. The Balaban J connectivity index is 1.79. The molecule has 78 valence electrons. The van der Waals surface area contributed by atoms with Gasteiger partial charge >= 0.3 is 0 Å². The zero-order valence-electron chi connectivity index (χ0n) is 8.57. The van der Waals surface area contributed by atoms with E-state index in [9.17, 15) is 0 Å². The van der Waals surface area contributed by atoms with Gasteiger partial charge in [0, 0.05) is 12.0 Å². The van der Waals surface area contributed by atoms with Crippen LogP contribution in [0.4, 0.5) is 0 Å². The Morgan fingerprint density at radius 2 is 2.13 bits per heavy atom. The van der Waals surface area contributed by atoms with Gasteiger partial charge in [-0.1, -0.05) is 12.1 Å². The van der Waals surface area contributed by atoms with Gasteiger partial charge in [0.1, 0.15) is 0 Å². The van der Waals surface area contributed by atoms with Crippen molar-refractivity contribution < 1.29 is 0 Å². The lowest BCUT2D eigenvalue weighted by Crippen LogP contribution is -2.21. The van der Waals surface area contributed by atoms with Crippen LogP contribution in [0.3, 0.4) is 0 Å². The molecular formula is C12H14N2S. The van der Waals surface area contributed by atoms with Crippen LogP contribution in [0.2, 0.25) is 0 Å². The first kappa shape index (κ1) is 9.31. The molecule has 0 amide bonds. The maximum Gasteiger partial charge on any atom is 0.0939 e. The van der Waals surface area contributed by atoms with Crippen LogP contribution in [0.25, 0.3) is 10.2 Å². The number of hydrogen-bond acceptors (Lipinski definition) is 3. The van der Waals surface area contributed by atoms with E-state index < -0.39 is 0 Å². The quantitative estimate of drug-likeness (QED) is 0.860. The van der Waals surface area contributed by atoms with Crippen molar-refractivity contribution in [1.29, 1.82) is 0 Å². The number of aryl methyl sites for hydroxylation is 1. The molecule has 1 saturated carbocycles. The summed E-state index contributed by atoms with van der Waals surface area (Å²) in [6.07, 6.45) is 4.51. The number of hydrogen-bond donors (Lipinski definition) is 1. The molecule has 1 heterocycles. The zero-order valence-corrected chi connectivity index (χ0v) is 9.39. The Morgan fingerprint density at radius 1 is 1.33 bits per heavy atom. The van der Waals surface area contributed by atoms with E-state index in [1.807, 2.05) is 6.07 Å². The summed E-state index contributed by atoms with van der Waals surface area (Å²) >= 11 is 1.80. The van der Waals surface area contributed by atoms with E-state index in [4.69, 9.17) is 5.73 Å². The first-order valence-electron chi connectivity index (χ1n) is 5.39. The highest BCUT2D eigenvalue weighted by molar-refractivity contribution is 7.18. The van der Waals surface area contributed by atoms with Gasteiger partial charge < -0.3 is 5.73 Å². The number of rotatable bonds is 3. The molecule has 0 bridgehead atoms. The maximum absolute atomic E-state index is 6.07. The summed E-state index contributed by atoms with van der Waals surface area (Å²) in [5.74, 6) is 0. The average Bonchev–Trinajstić information content (AvgIpc) is 2.83. The molecule has 2 N–H and O–H groups in total. The van der Waals surface area contributed by atoms with Crippen LogP contribution in [0, 0.1) is 0 Å². The van der Waals surface area contributed by atoms with E-state index >= 15 is 0 Å². The Hall–Kier alpha value is -0.930. The molecule has 15 heavy (non-hydrogen) atoms. The second kappa shape index (κ2) is 3.29. The molecule has 0 aliphatic heterocycles. The fraction of sp³-hybridized carbons (Fsp3) is 0.417. The minimum atomic E-state index is 0.151. The van der Waals surface area contributed by atoms with Crippen LogP contribution < -0.4 is 5.73 Å². The fourth-order valence-electron chi connectivity index (χ4n) is 1.79. The highest BCUT2D eigenvalue weighted by Gasteiger charge is 2.37. The summed E-state index contributed by atoms with van der Waals surface area (Å²) in [5.41, 5.74) is 7.34. The molecule has 3 rings (SSSR count). The molecule has 1 aliphatic carbocycles. The lowest BCUT2D eigenvalue weighted by Gasteiger charge is -2.04. The molecule has 0 atom stereocenters. The van der Waals surface area contributed by atoms with Gasteiger partial charge in [-0.2, -0.15) is 0 Å². The molecule has 0 unspecified atom stereocenters. The van der Waals surface area contributed by atoms with Crippen molar-refractivity contribution >= 4 is 21.6 Å². The molecule has 3 heteroatoms. The van der Waals surface area contributed by atoms with E-state index in [2.05, 4.69) is 23.2 Å². The minimum absolute atomic E-state index is 0.151. The van der Waals surface area contributed by atoms with Crippen LogP contribution in [0.1, 0.15) is 24.3 Å². The van der Waals surface area contributed by atoms with Gasteiger partial charge in [0.05, 0.1) is 15.2 Å². The molecular weight excluding hydrogens is 204 g/mol. The number of nitrogens with two attached hydrogens (primary N) is 1. The van der Waals surface area contributed by atoms with Crippen LogP contribution in [0.5, 0.6) is 0 Å². The van der Waals surface area contributed by atoms with Gasteiger partial charge in [-0.05, 0) is 31.4 Å². The van der Waals surface area contributed by atoms with Crippen molar-refractivity contribution in [3.63, 3.8) is 0 Å². The molecule has 2 aromatic rings. The number of para-hydroxylation sites is 1. The van der Waals surface area contributed by atoms with Crippen LogP contribution in [-0.4, -0.2) is 10.5 Å². The number of fused-ring (bicyclic) bond motifs is 1. The number of nitrogens with zero attached hydrogens (tertiary/aromatic N) is 1. The molecule has 0 spiro atoms. The van der Waals surface area contributed by atoms with E-state index in [0.29, 0.717) is 0 Å². The average molecular weight is 218 g/mol. The summed E-state index contributed by atoms with van der Waals surface area (Å²) in [6.45, 7) is 0. The Labute approximate surface area is 93.1 Å². The Bertz CT molecular complexity index is 452. The highest BCUT2D eigenvalue weighted by Crippen LogP contribution is 2.37. The monoisotopic (exact) mass is 218 g/mol. The van der Waals surface area contributed by atoms with Gasteiger partial charge in [0.2, 0.25) is 0 Å². The molecule has 2 nitrogen and oxygen atoms in total. The van der Waals surface area contributed by atoms with Crippen LogP contribution in [0.15, 0.2) is 24.3 Å². The molecule has 1 aliphatic rings. The summed E-state index contributed by atoms with van der Waals surface area (Å²) in [6, 6.07) is 8.31. The second-order valence-electron chi connectivity index (χ2n) is 4.44. The topological polar surface area (TPSA) is 38.9 Å². The molecule has 1 fully saturated rings. The first-order valence-corrected chi connectivity index (χ1v) is 6.20. The maximum atomic E-state index is 6.07. The SMILES string of the molecule is NC1(CCc2nc3ccccc3s2)CC1. The molecule has 0 saturated heterocycles. The number of benzene rings is 1. The van der Waals surface area contributed by atoms with Crippen LogP contribution >= 0.6 is 11.3 Å². The van der Waals surface area contributed by atoms with E-state index in [0.717, 1.165) is 18.4 Å². The van der Waals surface area contributed by atoms with Gasteiger partial charge in [-0.25, -0.2) is 4.98 Å². The minimum Gasteiger partial charge on any atom is -0.325 e. The first-order chi connectivity index (χ1) is 7.25. The smallest absolute Gasteiger partial charge is 0.0939 e. The third-order valence-electron chi connectivity index (χ3n) is 3.07. The standard InChI is InChI=1S/C12H14N2S/c13-12(7-8-12)6-5-11-14-9-3-1-2-4-10(9)15-11/h1-4H,5-8,13H2. The van der Waals surface area contributed by atoms with E-state index in [1.54, 1.807) is 11.3 Å². The molecule has 0 radical (unpaired) electrons. The van der Waals surface area contributed by atoms with Gasteiger partial charge in [-0.15, -0.1) is 11.3 Å². The lowest BCUT2D eigenvalue weighted by atomic mass is 10.1. The normalized spacial score (nSPS) is 18.2. The summed E-state index contributed by atoms with van der Waals surface area (Å²) in [5, 5.41) is 1.23. The van der Waals surface area contributed by atoms with Crippen molar-refractivity contribution in [2.45, 2.75) is 31.2 Å². The van der Waals surface area contributed by atoms with Gasteiger partial charge in [0.25, 0.3) is 0 Å². The Morgan fingerprint density at radius 3 is 2.87 bits per heavy atom. The van der Waals surface area contributed by atoms with Crippen molar-refractivity contribution in [1.82, 2.24) is 4.98 Å². The largest absolute Gasteiger partial charge is 0.325 e. The third-order valence-corrected chi connectivity index (χ3v) is 4.16. The third kappa shape index (κ3) is 1.90.